The molecule has 0 aromatic carbocycles. The first kappa shape index (κ1) is 16.4. The van der Waals surface area contributed by atoms with Crippen molar-refractivity contribution >= 4 is 11.6 Å². The molecule has 3 N–H and O–H groups in total. The standard InChI is InChI=1S/C14H18F3N3O2/c1-8-4-5-20(10(12(18)21)6-9-2-3-9)13(22)11(8)19-7-14(15,16)17/h4-5,9-10,19H,2-3,6-7H2,1H3,(H2,18,21). The minimum absolute atomic E-state index is 0.151. The van der Waals surface area contributed by atoms with Crippen molar-refractivity contribution < 1.29 is 18.0 Å². The van der Waals surface area contributed by atoms with Crippen molar-refractivity contribution in [3.8, 4) is 0 Å². The van der Waals surface area contributed by atoms with Gasteiger partial charge < -0.3 is 15.6 Å². The molecule has 1 atom stereocenters. The van der Waals surface area contributed by atoms with E-state index in [1.807, 2.05) is 0 Å². The van der Waals surface area contributed by atoms with Gasteiger partial charge in [-0.3, -0.25) is 9.59 Å². The van der Waals surface area contributed by atoms with E-state index in [9.17, 15) is 22.8 Å². The fourth-order valence-electron chi connectivity index (χ4n) is 2.33. The lowest BCUT2D eigenvalue weighted by Crippen LogP contribution is -2.36. The van der Waals surface area contributed by atoms with E-state index in [0.29, 0.717) is 17.9 Å². The molecular formula is C14H18F3N3O2. The highest BCUT2D eigenvalue weighted by Gasteiger charge is 2.31. The zero-order valence-corrected chi connectivity index (χ0v) is 12.1. The Morgan fingerprint density at radius 3 is 2.64 bits per heavy atom. The van der Waals surface area contributed by atoms with E-state index >= 15 is 0 Å². The van der Waals surface area contributed by atoms with Gasteiger partial charge in [0.2, 0.25) is 5.91 Å². The Morgan fingerprint density at radius 1 is 1.50 bits per heavy atom. The van der Waals surface area contributed by atoms with Crippen molar-refractivity contribution in [2.75, 3.05) is 11.9 Å². The van der Waals surface area contributed by atoms with Gasteiger partial charge in [0.25, 0.3) is 5.56 Å². The maximum absolute atomic E-state index is 12.4. The smallest absolute Gasteiger partial charge is 0.372 e. The van der Waals surface area contributed by atoms with Crippen LogP contribution in [0.3, 0.4) is 0 Å². The number of nitrogens with one attached hydrogen (secondary N) is 1. The fourth-order valence-corrected chi connectivity index (χ4v) is 2.33. The summed E-state index contributed by atoms with van der Waals surface area (Å²) in [7, 11) is 0. The highest BCUT2D eigenvalue weighted by Crippen LogP contribution is 2.36. The second-order valence-electron chi connectivity index (χ2n) is 5.65. The molecule has 1 unspecified atom stereocenters. The van der Waals surface area contributed by atoms with Crippen LogP contribution >= 0.6 is 0 Å². The molecule has 0 bridgehead atoms. The van der Waals surface area contributed by atoms with Crippen molar-refractivity contribution in [2.24, 2.45) is 11.7 Å². The van der Waals surface area contributed by atoms with Gasteiger partial charge in [0.05, 0.1) is 0 Å². The van der Waals surface area contributed by atoms with Crippen molar-refractivity contribution in [3.05, 3.63) is 28.2 Å². The number of alkyl halides is 3. The van der Waals surface area contributed by atoms with Crippen LogP contribution in [-0.2, 0) is 4.79 Å². The van der Waals surface area contributed by atoms with Crippen molar-refractivity contribution in [3.63, 3.8) is 0 Å². The number of anilines is 1. The second-order valence-corrected chi connectivity index (χ2v) is 5.65. The number of amides is 1. The van der Waals surface area contributed by atoms with E-state index in [1.165, 1.54) is 19.2 Å². The number of hydrogen-bond donors (Lipinski definition) is 2. The first-order valence-corrected chi connectivity index (χ1v) is 7.00. The number of rotatable bonds is 6. The molecule has 1 heterocycles. The van der Waals surface area contributed by atoms with E-state index in [4.69, 9.17) is 5.73 Å². The Bertz CT molecular complexity index is 621. The maximum atomic E-state index is 12.4. The lowest BCUT2D eigenvalue weighted by Gasteiger charge is -2.19. The fraction of sp³-hybridized carbons (Fsp3) is 0.571. The van der Waals surface area contributed by atoms with Gasteiger partial charge in [-0.2, -0.15) is 13.2 Å². The molecule has 0 aliphatic heterocycles. The summed E-state index contributed by atoms with van der Waals surface area (Å²) in [5.41, 5.74) is 4.93. The summed E-state index contributed by atoms with van der Waals surface area (Å²) in [6.45, 7) is 0.224. The molecule has 1 aliphatic carbocycles. The molecule has 0 radical (unpaired) electrons. The van der Waals surface area contributed by atoms with Gasteiger partial charge in [-0.05, 0) is 30.9 Å². The summed E-state index contributed by atoms with van der Waals surface area (Å²) in [6, 6.07) is 0.676. The molecule has 1 fully saturated rings. The minimum atomic E-state index is -4.43. The average Bonchev–Trinajstić information content (AvgIpc) is 3.19. The summed E-state index contributed by atoms with van der Waals surface area (Å²) < 4.78 is 38.1. The molecule has 1 aromatic heterocycles. The number of halogens is 3. The molecule has 22 heavy (non-hydrogen) atoms. The van der Waals surface area contributed by atoms with Crippen LogP contribution in [-0.4, -0.2) is 23.2 Å². The van der Waals surface area contributed by atoms with Crippen LogP contribution in [0.15, 0.2) is 17.1 Å². The molecule has 0 saturated heterocycles. The predicted octanol–water partition coefficient (Wildman–Crippen LogP) is 1.96. The highest BCUT2D eigenvalue weighted by molar-refractivity contribution is 5.78. The Labute approximate surface area is 125 Å². The third-order valence-electron chi connectivity index (χ3n) is 3.71. The first-order chi connectivity index (χ1) is 10.2. The third-order valence-corrected chi connectivity index (χ3v) is 3.71. The number of nitrogens with two attached hydrogens (primary N) is 1. The lowest BCUT2D eigenvalue weighted by molar-refractivity contribution is -0.121. The lowest BCUT2D eigenvalue weighted by atomic mass is 10.1. The van der Waals surface area contributed by atoms with Crippen LogP contribution < -0.4 is 16.6 Å². The summed E-state index contributed by atoms with van der Waals surface area (Å²) in [6.07, 6.45) is -0.630. The second kappa shape index (κ2) is 6.02. The van der Waals surface area contributed by atoms with Crippen LogP contribution in [0, 0.1) is 12.8 Å². The van der Waals surface area contributed by atoms with Crippen molar-refractivity contribution in [2.45, 2.75) is 38.4 Å². The normalized spacial score (nSPS) is 16.4. The Hall–Kier alpha value is -1.99. The predicted molar refractivity (Wildman–Crippen MR) is 75.6 cm³/mol. The molecule has 1 aliphatic rings. The van der Waals surface area contributed by atoms with Gasteiger partial charge in [-0.15, -0.1) is 0 Å². The number of nitrogens with zero attached hydrogens (tertiary/aromatic N) is 1. The maximum Gasteiger partial charge on any atom is 0.405 e. The SMILES string of the molecule is Cc1ccn(C(CC2CC2)C(N)=O)c(=O)c1NCC(F)(F)F. The van der Waals surface area contributed by atoms with Crippen molar-refractivity contribution in [1.82, 2.24) is 4.57 Å². The number of carbonyl (C=O) groups excluding carboxylic acids is 1. The van der Waals surface area contributed by atoms with Gasteiger partial charge in [-0.25, -0.2) is 0 Å². The average molecular weight is 317 g/mol. The monoisotopic (exact) mass is 317 g/mol. The summed E-state index contributed by atoms with van der Waals surface area (Å²) in [5, 5.41) is 2.11. The molecule has 1 saturated carbocycles. The summed E-state index contributed by atoms with van der Waals surface area (Å²) >= 11 is 0. The number of hydrogen-bond acceptors (Lipinski definition) is 3. The van der Waals surface area contributed by atoms with Gasteiger partial charge in [0.1, 0.15) is 18.3 Å². The molecular weight excluding hydrogens is 299 g/mol. The van der Waals surface area contributed by atoms with Gasteiger partial charge in [0.15, 0.2) is 0 Å². The Morgan fingerprint density at radius 2 is 2.14 bits per heavy atom. The molecule has 1 amide bonds. The van der Waals surface area contributed by atoms with Crippen LogP contribution in [0.2, 0.25) is 0 Å². The van der Waals surface area contributed by atoms with Gasteiger partial charge in [-0.1, -0.05) is 12.8 Å². The Kier molecular flexibility index (Phi) is 4.48. The van der Waals surface area contributed by atoms with Gasteiger partial charge in [0, 0.05) is 6.20 Å². The van der Waals surface area contributed by atoms with Crippen LogP contribution in [0.4, 0.5) is 18.9 Å². The van der Waals surface area contributed by atoms with Crippen LogP contribution in [0.1, 0.15) is 30.9 Å². The van der Waals surface area contributed by atoms with E-state index in [0.717, 1.165) is 17.4 Å². The molecule has 5 nitrogen and oxygen atoms in total. The first-order valence-electron chi connectivity index (χ1n) is 7.00. The van der Waals surface area contributed by atoms with E-state index in [1.54, 1.807) is 0 Å². The molecule has 8 heteroatoms. The summed E-state index contributed by atoms with van der Waals surface area (Å²) in [5.74, 6) is -0.308. The Balaban J connectivity index is 2.31. The van der Waals surface area contributed by atoms with E-state index < -0.39 is 30.2 Å². The molecule has 122 valence electrons. The largest absolute Gasteiger partial charge is 0.405 e. The quantitative estimate of drug-likeness (QED) is 0.842. The zero-order chi connectivity index (χ0) is 16.5. The molecule has 2 rings (SSSR count). The number of primary amides is 1. The third kappa shape index (κ3) is 4.02. The van der Waals surface area contributed by atoms with E-state index in [-0.39, 0.29) is 5.69 Å². The zero-order valence-electron chi connectivity index (χ0n) is 12.1. The van der Waals surface area contributed by atoms with Gasteiger partial charge >= 0.3 is 6.18 Å². The number of aryl methyl sites for hydroxylation is 1. The van der Waals surface area contributed by atoms with Crippen LogP contribution in [0.5, 0.6) is 0 Å². The van der Waals surface area contributed by atoms with Crippen LogP contribution in [0.25, 0.3) is 0 Å². The number of carbonyl (C=O) groups is 1. The summed E-state index contributed by atoms with van der Waals surface area (Å²) in [4.78, 5) is 24.0. The van der Waals surface area contributed by atoms with Crippen molar-refractivity contribution in [1.29, 1.82) is 0 Å². The minimum Gasteiger partial charge on any atom is -0.372 e. The molecule has 0 spiro atoms. The van der Waals surface area contributed by atoms with E-state index in [2.05, 4.69) is 5.32 Å². The highest BCUT2D eigenvalue weighted by atomic mass is 19.4. The number of aromatic nitrogens is 1. The molecule has 1 aromatic rings. The number of pyridine rings is 1. The topological polar surface area (TPSA) is 77.1 Å².